The van der Waals surface area contributed by atoms with Gasteiger partial charge in [0, 0.05) is 44.9 Å². The van der Waals surface area contributed by atoms with Crippen LogP contribution in [0.3, 0.4) is 0 Å². The smallest absolute Gasteiger partial charge is 0.263 e. The van der Waals surface area contributed by atoms with Gasteiger partial charge in [0.15, 0.2) is 0 Å². The molecule has 0 unspecified atom stereocenters. The lowest BCUT2D eigenvalue weighted by Gasteiger charge is -2.35. The normalized spacial score (nSPS) is 15.2. The lowest BCUT2D eigenvalue weighted by molar-refractivity contribution is 0.233. The minimum Gasteiger partial charge on any atom is -0.460 e. The SMILES string of the molecule is O=S(=O)(Nc1ccncn1)c1ccc(N2CCN(Cc3cc4ccccc4o3)CC2)cc1.[HH]. The monoisotopic (exact) mass is 451 g/mol. The molecule has 32 heavy (non-hydrogen) atoms. The lowest BCUT2D eigenvalue weighted by Crippen LogP contribution is -2.45. The Labute approximate surface area is 188 Å². The molecule has 0 bridgehead atoms. The first kappa shape index (κ1) is 20.5. The number of aromatic nitrogens is 2. The maximum absolute atomic E-state index is 12.6. The Hall–Kier alpha value is -3.43. The van der Waals surface area contributed by atoms with E-state index in [-0.39, 0.29) is 12.1 Å². The fourth-order valence-electron chi connectivity index (χ4n) is 3.88. The second-order valence-electron chi connectivity index (χ2n) is 7.71. The van der Waals surface area contributed by atoms with Crippen LogP contribution >= 0.6 is 0 Å². The van der Waals surface area contributed by atoms with Gasteiger partial charge in [-0.05, 0) is 42.5 Å². The van der Waals surface area contributed by atoms with E-state index in [9.17, 15) is 8.42 Å². The van der Waals surface area contributed by atoms with Gasteiger partial charge in [0.25, 0.3) is 10.0 Å². The van der Waals surface area contributed by atoms with Crippen molar-refractivity contribution in [3.05, 3.63) is 78.9 Å². The predicted molar refractivity (Wildman–Crippen MR) is 125 cm³/mol. The average Bonchev–Trinajstić information content (AvgIpc) is 3.22. The molecule has 0 aliphatic carbocycles. The highest BCUT2D eigenvalue weighted by molar-refractivity contribution is 7.92. The number of sulfonamides is 1. The molecule has 0 spiro atoms. The average molecular weight is 452 g/mol. The van der Waals surface area contributed by atoms with Crippen molar-refractivity contribution in [1.82, 2.24) is 14.9 Å². The summed E-state index contributed by atoms with van der Waals surface area (Å²) in [4.78, 5) is 12.5. The minimum absolute atomic E-state index is 0. The fourth-order valence-corrected chi connectivity index (χ4v) is 4.89. The van der Waals surface area contributed by atoms with Gasteiger partial charge in [0.2, 0.25) is 0 Å². The molecule has 4 aromatic rings. The van der Waals surface area contributed by atoms with E-state index in [1.165, 1.54) is 18.6 Å². The molecule has 166 valence electrons. The van der Waals surface area contributed by atoms with E-state index < -0.39 is 10.0 Å². The van der Waals surface area contributed by atoms with Crippen molar-refractivity contribution in [2.24, 2.45) is 0 Å². The molecule has 1 saturated heterocycles. The van der Waals surface area contributed by atoms with Crippen molar-refractivity contribution < 1.29 is 14.3 Å². The molecule has 0 saturated carbocycles. The summed E-state index contributed by atoms with van der Waals surface area (Å²) in [6.45, 7) is 4.34. The van der Waals surface area contributed by atoms with Crippen LogP contribution in [0.4, 0.5) is 11.5 Å². The maximum atomic E-state index is 12.6. The molecule has 1 aliphatic rings. The summed E-state index contributed by atoms with van der Waals surface area (Å²) in [5.74, 6) is 1.22. The second kappa shape index (κ2) is 8.60. The summed E-state index contributed by atoms with van der Waals surface area (Å²) < 4.78 is 33.5. The molecule has 0 amide bonds. The van der Waals surface area contributed by atoms with E-state index in [1.54, 1.807) is 12.1 Å². The second-order valence-corrected chi connectivity index (χ2v) is 9.39. The number of nitrogens with zero attached hydrogens (tertiary/aromatic N) is 4. The minimum atomic E-state index is -3.69. The molecule has 8 nitrogen and oxygen atoms in total. The zero-order valence-electron chi connectivity index (χ0n) is 17.4. The van der Waals surface area contributed by atoms with Gasteiger partial charge in [0.05, 0.1) is 11.4 Å². The molecule has 5 rings (SSSR count). The molecule has 1 N–H and O–H groups in total. The van der Waals surface area contributed by atoms with E-state index in [4.69, 9.17) is 4.42 Å². The molecule has 9 heteroatoms. The van der Waals surface area contributed by atoms with E-state index in [1.807, 2.05) is 30.3 Å². The van der Waals surface area contributed by atoms with E-state index in [0.717, 1.165) is 55.1 Å². The molecule has 0 atom stereocenters. The van der Waals surface area contributed by atoms with E-state index in [2.05, 4.69) is 36.6 Å². The van der Waals surface area contributed by atoms with Crippen LogP contribution in [0.5, 0.6) is 0 Å². The number of anilines is 2. The summed E-state index contributed by atoms with van der Waals surface area (Å²) in [5.41, 5.74) is 1.93. The molecule has 0 radical (unpaired) electrons. The molecule has 2 aromatic heterocycles. The number of para-hydroxylation sites is 1. The Morgan fingerprint density at radius 2 is 1.78 bits per heavy atom. The van der Waals surface area contributed by atoms with Crippen molar-refractivity contribution in [1.29, 1.82) is 0 Å². The molecule has 1 fully saturated rings. The van der Waals surface area contributed by atoms with Gasteiger partial charge in [-0.3, -0.25) is 9.62 Å². The van der Waals surface area contributed by atoms with Gasteiger partial charge in [-0.1, -0.05) is 18.2 Å². The number of benzene rings is 2. The summed E-state index contributed by atoms with van der Waals surface area (Å²) in [7, 11) is -3.69. The lowest BCUT2D eigenvalue weighted by atomic mass is 10.2. The highest BCUT2D eigenvalue weighted by atomic mass is 32.2. The highest BCUT2D eigenvalue weighted by Gasteiger charge is 2.20. The number of fused-ring (bicyclic) bond motifs is 1. The van der Waals surface area contributed by atoms with E-state index in [0.29, 0.717) is 0 Å². The number of hydrogen-bond acceptors (Lipinski definition) is 7. The molecule has 2 aromatic carbocycles. The Balaban J connectivity index is 0.00000259. The van der Waals surface area contributed by atoms with Crippen LogP contribution in [0.15, 0.2) is 82.5 Å². The molecular weight excluding hydrogens is 426 g/mol. The van der Waals surface area contributed by atoms with Crippen LogP contribution in [0, 0.1) is 0 Å². The van der Waals surface area contributed by atoms with Gasteiger partial charge < -0.3 is 9.32 Å². The fraction of sp³-hybridized carbons (Fsp3) is 0.217. The van der Waals surface area contributed by atoms with Crippen molar-refractivity contribution in [2.45, 2.75) is 11.4 Å². The Bertz CT molecular complexity index is 1270. The van der Waals surface area contributed by atoms with Crippen LogP contribution in [-0.2, 0) is 16.6 Å². The Kier molecular flexibility index (Phi) is 5.50. The van der Waals surface area contributed by atoms with Crippen LogP contribution in [0.2, 0.25) is 0 Å². The van der Waals surface area contributed by atoms with Gasteiger partial charge in [0.1, 0.15) is 23.5 Å². The molecule has 1 aliphatic heterocycles. The van der Waals surface area contributed by atoms with Crippen LogP contribution in [0.1, 0.15) is 7.19 Å². The quantitative estimate of drug-likeness (QED) is 0.479. The van der Waals surface area contributed by atoms with Gasteiger partial charge in [-0.25, -0.2) is 18.4 Å². The topological polar surface area (TPSA) is 91.6 Å². The Morgan fingerprint density at radius 1 is 1.00 bits per heavy atom. The summed E-state index contributed by atoms with van der Waals surface area (Å²) in [5, 5.41) is 1.13. The maximum Gasteiger partial charge on any atom is 0.263 e. The number of rotatable bonds is 6. The van der Waals surface area contributed by atoms with Crippen LogP contribution in [-0.4, -0.2) is 49.5 Å². The van der Waals surface area contributed by atoms with Gasteiger partial charge >= 0.3 is 0 Å². The zero-order valence-corrected chi connectivity index (χ0v) is 18.2. The van der Waals surface area contributed by atoms with Crippen molar-refractivity contribution >= 4 is 32.5 Å². The predicted octanol–water partition coefficient (Wildman–Crippen LogP) is 3.59. The molecule has 3 heterocycles. The van der Waals surface area contributed by atoms with Crippen molar-refractivity contribution in [3.63, 3.8) is 0 Å². The first-order valence-electron chi connectivity index (χ1n) is 10.4. The third-order valence-corrected chi connectivity index (χ3v) is 6.93. The van der Waals surface area contributed by atoms with Gasteiger partial charge in [-0.2, -0.15) is 0 Å². The van der Waals surface area contributed by atoms with E-state index >= 15 is 0 Å². The Morgan fingerprint density at radius 3 is 2.50 bits per heavy atom. The molecular formula is C23H25N5O3S. The standard InChI is InChI=1S/C23H23N5O3S.H2/c29-32(30,26-23-9-10-24-17-25-23)21-7-5-19(6-8-21)28-13-11-27(12-14-28)16-20-15-18-3-1-2-4-22(18)31-20;/h1-10,15,17H,11-14,16H2,(H,24,25,26);1H. The highest BCUT2D eigenvalue weighted by Crippen LogP contribution is 2.23. The number of piperazine rings is 1. The summed E-state index contributed by atoms with van der Waals surface area (Å²) >= 11 is 0. The van der Waals surface area contributed by atoms with Crippen molar-refractivity contribution in [3.8, 4) is 0 Å². The third kappa shape index (κ3) is 4.44. The summed E-state index contributed by atoms with van der Waals surface area (Å²) in [6, 6.07) is 18.6. The zero-order chi connectivity index (χ0) is 22.0. The number of nitrogens with one attached hydrogen (secondary N) is 1. The van der Waals surface area contributed by atoms with Crippen molar-refractivity contribution in [2.75, 3.05) is 35.8 Å². The van der Waals surface area contributed by atoms with Crippen LogP contribution < -0.4 is 9.62 Å². The van der Waals surface area contributed by atoms with Gasteiger partial charge in [-0.15, -0.1) is 0 Å². The third-order valence-electron chi connectivity index (χ3n) is 5.56. The number of furan rings is 1. The largest absolute Gasteiger partial charge is 0.460 e. The van der Waals surface area contributed by atoms with Crippen LogP contribution in [0.25, 0.3) is 11.0 Å². The number of hydrogen-bond donors (Lipinski definition) is 1. The first-order chi connectivity index (χ1) is 15.6. The summed E-state index contributed by atoms with van der Waals surface area (Å²) in [6.07, 6.45) is 2.79. The first-order valence-corrected chi connectivity index (χ1v) is 11.9.